The standard InChI is InChI=1S/C10H18N2/c1-2-9(1)12-7-4-10(5-8-12)3-6-11-10/h9,11H,1-8H2. The van der Waals surface area contributed by atoms with Crippen molar-refractivity contribution in [3.63, 3.8) is 0 Å². The van der Waals surface area contributed by atoms with E-state index in [2.05, 4.69) is 10.2 Å². The van der Waals surface area contributed by atoms with Gasteiger partial charge in [-0.1, -0.05) is 0 Å². The van der Waals surface area contributed by atoms with E-state index < -0.39 is 0 Å². The number of likely N-dealkylation sites (tertiary alicyclic amines) is 1. The third-order valence-corrected chi connectivity index (χ3v) is 3.92. The predicted molar refractivity (Wildman–Crippen MR) is 49.2 cm³/mol. The van der Waals surface area contributed by atoms with Crippen LogP contribution in [0.1, 0.15) is 32.1 Å². The van der Waals surface area contributed by atoms with E-state index in [1.165, 1.54) is 51.7 Å². The number of nitrogens with zero attached hydrogens (tertiary/aromatic N) is 1. The van der Waals surface area contributed by atoms with E-state index in [-0.39, 0.29) is 0 Å². The highest BCUT2D eigenvalue weighted by molar-refractivity contribution is 5.02. The Labute approximate surface area is 74.3 Å². The van der Waals surface area contributed by atoms with Crippen LogP contribution in [-0.4, -0.2) is 36.1 Å². The molecule has 12 heavy (non-hydrogen) atoms. The zero-order chi connectivity index (χ0) is 8.02. The molecule has 2 aliphatic heterocycles. The van der Waals surface area contributed by atoms with Gasteiger partial charge in [0.2, 0.25) is 0 Å². The molecule has 2 heteroatoms. The molecule has 0 atom stereocenters. The second-order valence-corrected chi connectivity index (χ2v) is 4.72. The fraction of sp³-hybridized carbons (Fsp3) is 1.00. The van der Waals surface area contributed by atoms with Crippen molar-refractivity contribution >= 4 is 0 Å². The highest BCUT2D eigenvalue weighted by Crippen LogP contribution is 2.35. The van der Waals surface area contributed by atoms with Crippen LogP contribution in [0.2, 0.25) is 0 Å². The summed E-state index contributed by atoms with van der Waals surface area (Å²) in [6.07, 6.45) is 7.19. The molecule has 3 fully saturated rings. The first-order valence-corrected chi connectivity index (χ1v) is 5.37. The summed E-state index contributed by atoms with van der Waals surface area (Å²) in [5.41, 5.74) is 0.603. The van der Waals surface area contributed by atoms with Crippen molar-refractivity contribution in [2.45, 2.75) is 43.7 Å². The molecule has 0 unspecified atom stereocenters. The van der Waals surface area contributed by atoms with Crippen molar-refractivity contribution in [1.29, 1.82) is 0 Å². The van der Waals surface area contributed by atoms with E-state index in [0.717, 1.165) is 6.04 Å². The number of hydrogen-bond donors (Lipinski definition) is 1. The lowest BCUT2D eigenvalue weighted by Gasteiger charge is -2.49. The highest BCUT2D eigenvalue weighted by atomic mass is 15.2. The molecule has 0 radical (unpaired) electrons. The summed E-state index contributed by atoms with van der Waals surface area (Å²) < 4.78 is 0. The lowest BCUT2D eigenvalue weighted by atomic mass is 9.79. The molecule has 0 aromatic carbocycles. The lowest BCUT2D eigenvalue weighted by molar-refractivity contribution is 0.0810. The Morgan fingerprint density at radius 2 is 1.75 bits per heavy atom. The fourth-order valence-corrected chi connectivity index (χ4v) is 2.66. The maximum absolute atomic E-state index is 3.61. The van der Waals surface area contributed by atoms with Gasteiger partial charge in [0.15, 0.2) is 0 Å². The van der Waals surface area contributed by atoms with Gasteiger partial charge in [0.25, 0.3) is 0 Å². The highest BCUT2D eigenvalue weighted by Gasteiger charge is 2.41. The van der Waals surface area contributed by atoms with Crippen molar-refractivity contribution in [1.82, 2.24) is 10.2 Å². The molecule has 1 aliphatic carbocycles. The quantitative estimate of drug-likeness (QED) is 0.624. The molecule has 2 heterocycles. The Bertz CT molecular complexity index is 172. The normalized spacial score (nSPS) is 35.0. The van der Waals surface area contributed by atoms with Gasteiger partial charge in [-0.05, 0) is 38.6 Å². The van der Waals surface area contributed by atoms with Crippen LogP contribution in [0.3, 0.4) is 0 Å². The summed E-state index contributed by atoms with van der Waals surface area (Å²) >= 11 is 0. The maximum Gasteiger partial charge on any atom is 0.0217 e. The first kappa shape index (κ1) is 7.34. The Morgan fingerprint density at radius 1 is 1.08 bits per heavy atom. The Morgan fingerprint density at radius 3 is 2.17 bits per heavy atom. The van der Waals surface area contributed by atoms with Gasteiger partial charge in [0.05, 0.1) is 0 Å². The predicted octanol–water partition coefficient (Wildman–Crippen LogP) is 0.977. The summed E-state index contributed by atoms with van der Waals surface area (Å²) in [5.74, 6) is 0. The molecule has 3 aliphatic rings. The van der Waals surface area contributed by atoms with E-state index in [1.54, 1.807) is 0 Å². The summed E-state index contributed by atoms with van der Waals surface area (Å²) in [6.45, 7) is 3.98. The van der Waals surface area contributed by atoms with Crippen LogP contribution in [-0.2, 0) is 0 Å². The Hall–Kier alpha value is -0.0800. The summed E-state index contributed by atoms with van der Waals surface area (Å²) in [4.78, 5) is 2.70. The van der Waals surface area contributed by atoms with Crippen LogP contribution >= 0.6 is 0 Å². The minimum absolute atomic E-state index is 0.603. The van der Waals surface area contributed by atoms with Gasteiger partial charge in [-0.25, -0.2) is 0 Å². The van der Waals surface area contributed by atoms with E-state index in [4.69, 9.17) is 0 Å². The topological polar surface area (TPSA) is 15.3 Å². The number of rotatable bonds is 1. The zero-order valence-electron chi connectivity index (χ0n) is 7.68. The van der Waals surface area contributed by atoms with Crippen molar-refractivity contribution in [3.05, 3.63) is 0 Å². The fourth-order valence-electron chi connectivity index (χ4n) is 2.66. The van der Waals surface area contributed by atoms with Gasteiger partial charge in [-0.15, -0.1) is 0 Å². The summed E-state index contributed by atoms with van der Waals surface area (Å²) in [5, 5.41) is 3.61. The van der Waals surface area contributed by atoms with Crippen LogP contribution in [0.4, 0.5) is 0 Å². The average Bonchev–Trinajstić information content (AvgIpc) is 2.84. The second-order valence-electron chi connectivity index (χ2n) is 4.72. The van der Waals surface area contributed by atoms with Gasteiger partial charge < -0.3 is 10.2 Å². The minimum atomic E-state index is 0.603. The van der Waals surface area contributed by atoms with Crippen molar-refractivity contribution in [2.75, 3.05) is 19.6 Å². The third-order valence-electron chi connectivity index (χ3n) is 3.92. The van der Waals surface area contributed by atoms with E-state index in [9.17, 15) is 0 Å². The molecule has 0 bridgehead atoms. The largest absolute Gasteiger partial charge is 0.311 e. The summed E-state index contributed by atoms with van der Waals surface area (Å²) in [6, 6.07) is 0.988. The van der Waals surface area contributed by atoms with Crippen LogP contribution in [0.5, 0.6) is 0 Å². The Kier molecular flexibility index (Phi) is 1.50. The van der Waals surface area contributed by atoms with Gasteiger partial charge in [-0.3, -0.25) is 0 Å². The maximum atomic E-state index is 3.61. The molecule has 1 saturated carbocycles. The molecule has 0 aromatic heterocycles. The molecular formula is C10H18N2. The van der Waals surface area contributed by atoms with Crippen molar-refractivity contribution in [2.24, 2.45) is 0 Å². The minimum Gasteiger partial charge on any atom is -0.311 e. The van der Waals surface area contributed by atoms with Gasteiger partial charge in [-0.2, -0.15) is 0 Å². The first-order valence-electron chi connectivity index (χ1n) is 5.37. The molecule has 2 saturated heterocycles. The van der Waals surface area contributed by atoms with Crippen molar-refractivity contribution in [3.8, 4) is 0 Å². The Balaban J connectivity index is 1.57. The van der Waals surface area contributed by atoms with Gasteiger partial charge >= 0.3 is 0 Å². The molecule has 0 amide bonds. The van der Waals surface area contributed by atoms with Crippen molar-refractivity contribution < 1.29 is 0 Å². The van der Waals surface area contributed by atoms with Crippen LogP contribution in [0.25, 0.3) is 0 Å². The number of piperidine rings is 1. The summed E-state index contributed by atoms with van der Waals surface area (Å²) in [7, 11) is 0. The lowest BCUT2D eigenvalue weighted by Crippen LogP contribution is -2.62. The number of hydrogen-bond acceptors (Lipinski definition) is 2. The molecule has 2 nitrogen and oxygen atoms in total. The third kappa shape index (κ3) is 1.09. The first-order chi connectivity index (χ1) is 5.88. The second kappa shape index (κ2) is 2.46. The zero-order valence-corrected chi connectivity index (χ0v) is 7.68. The molecule has 1 spiro atoms. The smallest absolute Gasteiger partial charge is 0.0217 e. The van der Waals surface area contributed by atoms with E-state index >= 15 is 0 Å². The van der Waals surface area contributed by atoms with Crippen LogP contribution < -0.4 is 5.32 Å². The number of nitrogens with one attached hydrogen (secondary N) is 1. The molecule has 3 rings (SSSR count). The molecule has 1 N–H and O–H groups in total. The van der Waals surface area contributed by atoms with E-state index in [0.29, 0.717) is 5.54 Å². The molecule has 0 aromatic rings. The molecule has 68 valence electrons. The van der Waals surface area contributed by atoms with Gasteiger partial charge in [0.1, 0.15) is 0 Å². The van der Waals surface area contributed by atoms with Gasteiger partial charge in [0, 0.05) is 24.7 Å². The van der Waals surface area contributed by atoms with Crippen LogP contribution in [0, 0.1) is 0 Å². The monoisotopic (exact) mass is 166 g/mol. The van der Waals surface area contributed by atoms with Crippen LogP contribution in [0.15, 0.2) is 0 Å². The molecular weight excluding hydrogens is 148 g/mol. The van der Waals surface area contributed by atoms with E-state index in [1.807, 2.05) is 0 Å². The average molecular weight is 166 g/mol. The SMILES string of the molecule is C1CC2(CCN(C3CC3)CC2)N1.